The Labute approximate surface area is 241 Å². The topological polar surface area (TPSA) is 115 Å². The molecule has 0 unspecified atom stereocenters. The number of methoxy groups -OCH3 is 2. The van der Waals surface area contributed by atoms with Gasteiger partial charge >= 0.3 is 13.2 Å². The van der Waals surface area contributed by atoms with Crippen LogP contribution in [0.3, 0.4) is 0 Å². The molecule has 2 aromatic carbocycles. The number of hydrogen-bond acceptors (Lipinski definition) is 7. The van der Waals surface area contributed by atoms with Crippen LogP contribution in [-0.2, 0) is 23.6 Å². The van der Waals surface area contributed by atoms with Crippen molar-refractivity contribution in [2.75, 3.05) is 20.8 Å². The van der Waals surface area contributed by atoms with Crippen LogP contribution in [0, 0.1) is 0 Å². The molecule has 0 saturated carbocycles. The number of H-pyrrole nitrogens is 1. The maximum Gasteiger partial charge on any atom is 0.494 e. The Morgan fingerprint density at radius 3 is 2.46 bits per heavy atom. The van der Waals surface area contributed by atoms with Gasteiger partial charge in [-0.1, -0.05) is 30.3 Å². The number of aromatic nitrogens is 2. The van der Waals surface area contributed by atoms with Crippen molar-refractivity contribution < 1.29 is 28.4 Å². The maximum atomic E-state index is 13.5. The van der Waals surface area contributed by atoms with Gasteiger partial charge in [-0.25, -0.2) is 9.78 Å². The van der Waals surface area contributed by atoms with E-state index in [0.717, 1.165) is 40.3 Å². The summed E-state index contributed by atoms with van der Waals surface area (Å²) in [5.74, 6) is 0.484. The fourth-order valence-electron chi connectivity index (χ4n) is 5.41. The Morgan fingerprint density at radius 1 is 1.10 bits per heavy atom. The number of benzene rings is 2. The molecule has 5 rings (SSSR count). The smallest absolute Gasteiger partial charge is 0.453 e. The number of nitrogens with one attached hydrogen (secondary N) is 2. The van der Waals surface area contributed by atoms with Crippen molar-refractivity contribution in [1.29, 1.82) is 0 Å². The van der Waals surface area contributed by atoms with Gasteiger partial charge < -0.3 is 34.0 Å². The zero-order valence-electron chi connectivity index (χ0n) is 24.8. The summed E-state index contributed by atoms with van der Waals surface area (Å²) in [7, 11) is 2.36. The highest BCUT2D eigenvalue weighted by Crippen LogP contribution is 2.37. The summed E-state index contributed by atoms with van der Waals surface area (Å²) in [6.45, 7) is 10.5. The average Bonchev–Trinajstić information content (AvgIpc) is 3.68. The van der Waals surface area contributed by atoms with Gasteiger partial charge in [0.25, 0.3) is 0 Å². The molecule has 0 radical (unpaired) electrons. The molecule has 3 aromatic rings. The predicted octanol–water partition coefficient (Wildman–Crippen LogP) is 3.95. The van der Waals surface area contributed by atoms with E-state index in [0.29, 0.717) is 12.4 Å². The molecule has 2 amide bonds. The summed E-state index contributed by atoms with van der Waals surface area (Å²) in [4.78, 5) is 35.3. The lowest BCUT2D eigenvalue weighted by atomic mass is 9.78. The second-order valence-electron chi connectivity index (χ2n) is 11.8. The number of alkyl carbamates (subject to hydrolysis) is 1. The zero-order valence-corrected chi connectivity index (χ0v) is 24.8. The molecule has 1 aromatic heterocycles. The van der Waals surface area contributed by atoms with Crippen LogP contribution in [0.1, 0.15) is 59.3 Å². The number of hydrogen-bond donors (Lipinski definition) is 2. The lowest BCUT2D eigenvalue weighted by Crippen LogP contribution is -2.54. The van der Waals surface area contributed by atoms with Crippen molar-refractivity contribution >= 4 is 35.4 Å². The second-order valence-corrected chi connectivity index (χ2v) is 11.8. The van der Waals surface area contributed by atoms with E-state index >= 15 is 0 Å². The third kappa shape index (κ3) is 5.58. The summed E-state index contributed by atoms with van der Waals surface area (Å²) in [5.41, 5.74) is 2.06. The van der Waals surface area contributed by atoms with E-state index in [-0.39, 0.29) is 11.9 Å². The monoisotopic (exact) mass is 562 g/mol. The van der Waals surface area contributed by atoms with Gasteiger partial charge in [0, 0.05) is 19.2 Å². The van der Waals surface area contributed by atoms with Crippen LogP contribution in [0.2, 0.25) is 0 Å². The number of imidazole rings is 1. The van der Waals surface area contributed by atoms with Gasteiger partial charge in [0.05, 0.1) is 42.3 Å². The lowest BCUT2D eigenvalue weighted by Gasteiger charge is -2.32. The molecule has 41 heavy (non-hydrogen) atoms. The number of aromatic amines is 1. The molecule has 10 nitrogen and oxygen atoms in total. The van der Waals surface area contributed by atoms with Crippen LogP contribution in [0.4, 0.5) is 4.79 Å². The lowest BCUT2D eigenvalue weighted by molar-refractivity contribution is -0.137. The van der Waals surface area contributed by atoms with Crippen molar-refractivity contribution in [3.8, 4) is 11.3 Å². The quantitative estimate of drug-likeness (QED) is 0.419. The molecule has 2 N–H and O–H groups in total. The van der Waals surface area contributed by atoms with Crippen LogP contribution < -0.4 is 10.8 Å². The highest BCUT2D eigenvalue weighted by Gasteiger charge is 2.51. The summed E-state index contributed by atoms with van der Waals surface area (Å²) >= 11 is 0. The molecule has 0 spiro atoms. The van der Waals surface area contributed by atoms with Crippen molar-refractivity contribution in [2.45, 2.75) is 76.9 Å². The van der Waals surface area contributed by atoms with E-state index in [1.54, 1.807) is 18.0 Å². The van der Waals surface area contributed by atoms with Crippen molar-refractivity contribution in [1.82, 2.24) is 20.2 Å². The molecule has 0 bridgehead atoms. The van der Waals surface area contributed by atoms with E-state index in [2.05, 4.69) is 79.4 Å². The highest BCUT2D eigenvalue weighted by atomic mass is 16.7. The molecule has 0 aliphatic carbocycles. The number of rotatable bonds is 7. The standard InChI is InChI=1S/C30H39BN4O6/c1-18(38-6)25(34-28(37)39-7)27(36)35-14-8-9-24(35)26-32-17-23(33-26)21-11-10-20-16-22(13-12-19(20)15-21)31-40-29(2,3)30(4,5)41-31/h10-13,15-18,24-25H,8-9,14H2,1-7H3,(H,32,33)(H,34,37)/t18-,24+,25+/m1/s1. The number of ether oxygens (including phenoxy) is 2. The summed E-state index contributed by atoms with van der Waals surface area (Å²) in [5, 5.41) is 4.79. The minimum Gasteiger partial charge on any atom is -0.453 e. The average molecular weight is 562 g/mol. The molecule has 218 valence electrons. The first-order valence-electron chi connectivity index (χ1n) is 14.1. The Balaban J connectivity index is 1.34. The summed E-state index contributed by atoms with van der Waals surface area (Å²) < 4.78 is 22.6. The normalized spacial score (nSPS) is 21.2. The van der Waals surface area contributed by atoms with Gasteiger partial charge in [-0.15, -0.1) is 0 Å². The molecule has 3 heterocycles. The Kier molecular flexibility index (Phi) is 7.89. The van der Waals surface area contributed by atoms with Gasteiger partial charge in [0.15, 0.2) is 0 Å². The van der Waals surface area contributed by atoms with Gasteiger partial charge in [-0.3, -0.25) is 4.79 Å². The van der Waals surface area contributed by atoms with Gasteiger partial charge in [0.1, 0.15) is 11.9 Å². The predicted molar refractivity (Wildman–Crippen MR) is 157 cm³/mol. The van der Waals surface area contributed by atoms with E-state index in [1.807, 2.05) is 0 Å². The maximum absolute atomic E-state index is 13.5. The van der Waals surface area contributed by atoms with Crippen LogP contribution in [0.25, 0.3) is 22.0 Å². The van der Waals surface area contributed by atoms with Crippen molar-refractivity contribution in [2.24, 2.45) is 0 Å². The third-order valence-electron chi connectivity index (χ3n) is 8.71. The van der Waals surface area contributed by atoms with E-state index < -0.39 is 36.6 Å². The number of carbonyl (C=O) groups excluding carboxylic acids is 2. The van der Waals surface area contributed by atoms with Crippen LogP contribution >= 0.6 is 0 Å². The molecule has 2 aliphatic rings. The van der Waals surface area contributed by atoms with Crippen molar-refractivity contribution in [3.63, 3.8) is 0 Å². The number of fused-ring (bicyclic) bond motifs is 1. The molecular weight excluding hydrogens is 523 g/mol. The third-order valence-corrected chi connectivity index (χ3v) is 8.71. The van der Waals surface area contributed by atoms with E-state index in [4.69, 9.17) is 18.8 Å². The van der Waals surface area contributed by atoms with Crippen LogP contribution in [-0.4, -0.2) is 78.1 Å². The number of nitrogens with zero attached hydrogens (tertiary/aromatic N) is 2. The first-order chi connectivity index (χ1) is 19.4. The fourth-order valence-corrected chi connectivity index (χ4v) is 5.41. The summed E-state index contributed by atoms with van der Waals surface area (Å²) in [6.07, 6.45) is 2.20. The first-order valence-corrected chi connectivity index (χ1v) is 14.1. The minimum atomic E-state index is -0.870. The van der Waals surface area contributed by atoms with E-state index in [9.17, 15) is 9.59 Å². The Morgan fingerprint density at radius 2 is 1.78 bits per heavy atom. The summed E-state index contributed by atoms with van der Waals surface area (Å²) in [6, 6.07) is 11.4. The fraction of sp³-hybridized carbons (Fsp3) is 0.500. The molecule has 11 heteroatoms. The SMILES string of the molecule is COC(=O)N[C@H](C(=O)N1CCC[C@H]1c1ncc(-c2ccc3cc(B4OC(C)(C)C(C)(C)O4)ccc3c2)[nH]1)[C@@H](C)OC. The van der Waals surface area contributed by atoms with Crippen molar-refractivity contribution in [3.05, 3.63) is 48.4 Å². The van der Waals surface area contributed by atoms with Crippen LogP contribution in [0.15, 0.2) is 42.6 Å². The highest BCUT2D eigenvalue weighted by molar-refractivity contribution is 6.62. The molecule has 2 aliphatic heterocycles. The minimum absolute atomic E-state index is 0.228. The second kappa shape index (κ2) is 11.1. The van der Waals surface area contributed by atoms with E-state index in [1.165, 1.54) is 14.2 Å². The number of carbonyl (C=O) groups is 2. The first kappa shape index (κ1) is 29.1. The zero-order chi connectivity index (χ0) is 29.5. The van der Waals surface area contributed by atoms with Gasteiger partial charge in [-0.05, 0) is 69.8 Å². The number of amides is 2. The Bertz CT molecular complexity index is 1420. The molecule has 3 atom stereocenters. The van der Waals surface area contributed by atoms with Crippen LogP contribution in [0.5, 0.6) is 0 Å². The molecular formula is C30H39BN4O6. The largest absolute Gasteiger partial charge is 0.494 e. The van der Waals surface area contributed by atoms with Gasteiger partial charge in [-0.2, -0.15) is 0 Å². The Hall–Kier alpha value is -3.41. The number of likely N-dealkylation sites (tertiary alicyclic amines) is 1. The molecule has 2 fully saturated rings. The van der Waals surface area contributed by atoms with Gasteiger partial charge in [0.2, 0.25) is 5.91 Å². The molecule has 2 saturated heterocycles.